The number of para-hydroxylation sites is 1. The van der Waals surface area contributed by atoms with E-state index in [0.29, 0.717) is 16.5 Å². The van der Waals surface area contributed by atoms with Gasteiger partial charge in [-0.2, -0.15) is 11.8 Å². The Labute approximate surface area is 163 Å². The smallest absolute Gasteiger partial charge is 0.293 e. The fourth-order valence-electron chi connectivity index (χ4n) is 2.54. The number of rotatable bonds is 6. The maximum Gasteiger partial charge on any atom is 0.293 e. The molecule has 0 aliphatic heterocycles. The Hall–Kier alpha value is -2.64. The van der Waals surface area contributed by atoms with E-state index in [1.54, 1.807) is 30.0 Å². The highest BCUT2D eigenvalue weighted by Crippen LogP contribution is 2.24. The predicted octanol–water partition coefficient (Wildman–Crippen LogP) is 5.71. The van der Waals surface area contributed by atoms with Crippen LogP contribution in [0.4, 0.5) is 9.52 Å². The highest BCUT2D eigenvalue weighted by atomic mass is 32.2. The number of carbonyl (C=O) groups excluding carboxylic acids is 1. The first-order valence-electron chi connectivity index (χ1n) is 8.24. The van der Waals surface area contributed by atoms with Gasteiger partial charge >= 0.3 is 0 Å². The third-order valence-corrected chi connectivity index (χ3v) is 5.70. The van der Waals surface area contributed by atoms with Crippen molar-refractivity contribution in [2.24, 2.45) is 0 Å². The summed E-state index contributed by atoms with van der Waals surface area (Å²) in [4.78, 5) is 16.8. The standard InChI is InChI=1S/C20H15FN2O2S2/c21-15-7-5-13(6-8-15)10-26-11-16-12-27-20(22-16)23-19(24)18-9-14-3-1-2-4-17(14)25-18/h1-9,12H,10-11H2,(H,22,23,24). The molecule has 7 heteroatoms. The maximum absolute atomic E-state index is 12.9. The van der Waals surface area contributed by atoms with Crippen molar-refractivity contribution in [2.45, 2.75) is 11.5 Å². The first kappa shape index (κ1) is 17.8. The molecule has 136 valence electrons. The van der Waals surface area contributed by atoms with Crippen LogP contribution in [-0.2, 0) is 11.5 Å². The van der Waals surface area contributed by atoms with Crippen molar-refractivity contribution < 1.29 is 13.6 Å². The molecule has 1 amide bonds. The SMILES string of the molecule is O=C(Nc1nc(CSCc2ccc(F)cc2)cs1)c1cc2ccccc2o1. The fourth-order valence-corrected chi connectivity index (χ4v) is 4.24. The van der Waals surface area contributed by atoms with Gasteiger partial charge < -0.3 is 4.42 Å². The van der Waals surface area contributed by atoms with Crippen LogP contribution >= 0.6 is 23.1 Å². The molecule has 0 atom stereocenters. The summed E-state index contributed by atoms with van der Waals surface area (Å²) in [6.45, 7) is 0. The second kappa shape index (κ2) is 7.94. The summed E-state index contributed by atoms with van der Waals surface area (Å²) in [6.07, 6.45) is 0. The minimum Gasteiger partial charge on any atom is -0.451 e. The van der Waals surface area contributed by atoms with Gasteiger partial charge in [-0.15, -0.1) is 11.3 Å². The maximum atomic E-state index is 12.9. The summed E-state index contributed by atoms with van der Waals surface area (Å²) in [7, 11) is 0. The molecular formula is C20H15FN2O2S2. The lowest BCUT2D eigenvalue weighted by atomic mass is 10.2. The van der Waals surface area contributed by atoms with Gasteiger partial charge in [0.2, 0.25) is 0 Å². The van der Waals surface area contributed by atoms with Gasteiger partial charge in [-0.25, -0.2) is 9.37 Å². The van der Waals surface area contributed by atoms with Crippen molar-refractivity contribution in [3.8, 4) is 0 Å². The minimum atomic E-state index is -0.314. The van der Waals surface area contributed by atoms with Crippen molar-refractivity contribution in [2.75, 3.05) is 5.32 Å². The number of thioether (sulfide) groups is 1. The normalized spacial score (nSPS) is 11.0. The van der Waals surface area contributed by atoms with E-state index in [9.17, 15) is 9.18 Å². The lowest BCUT2D eigenvalue weighted by Crippen LogP contribution is -2.10. The second-order valence-corrected chi connectivity index (χ2v) is 7.71. The zero-order valence-electron chi connectivity index (χ0n) is 14.1. The van der Waals surface area contributed by atoms with Crippen molar-refractivity contribution >= 4 is 45.1 Å². The molecule has 0 fully saturated rings. The average Bonchev–Trinajstić information content (AvgIpc) is 3.30. The van der Waals surface area contributed by atoms with E-state index in [2.05, 4.69) is 10.3 Å². The number of hydrogen-bond acceptors (Lipinski definition) is 5. The molecule has 27 heavy (non-hydrogen) atoms. The van der Waals surface area contributed by atoms with E-state index >= 15 is 0 Å². The van der Waals surface area contributed by atoms with E-state index in [1.165, 1.54) is 23.5 Å². The van der Waals surface area contributed by atoms with Crippen molar-refractivity contribution in [3.63, 3.8) is 0 Å². The first-order valence-corrected chi connectivity index (χ1v) is 10.3. The molecule has 2 aromatic heterocycles. The molecule has 2 heterocycles. The Bertz CT molecular complexity index is 1040. The number of fused-ring (bicyclic) bond motifs is 1. The zero-order valence-corrected chi connectivity index (χ0v) is 15.8. The van der Waals surface area contributed by atoms with Crippen LogP contribution in [-0.4, -0.2) is 10.9 Å². The van der Waals surface area contributed by atoms with Crippen LogP contribution in [0.15, 0.2) is 64.4 Å². The van der Waals surface area contributed by atoms with Crippen LogP contribution in [0.25, 0.3) is 11.0 Å². The van der Waals surface area contributed by atoms with Gasteiger partial charge in [0.05, 0.1) is 5.69 Å². The average molecular weight is 398 g/mol. The lowest BCUT2D eigenvalue weighted by molar-refractivity contribution is 0.0998. The molecule has 0 unspecified atom stereocenters. The van der Waals surface area contributed by atoms with E-state index in [-0.39, 0.29) is 17.5 Å². The number of amides is 1. The number of aromatic nitrogens is 1. The molecule has 1 N–H and O–H groups in total. The Morgan fingerprint density at radius 1 is 1.15 bits per heavy atom. The Balaban J connectivity index is 1.33. The molecule has 0 bridgehead atoms. The summed E-state index contributed by atoms with van der Waals surface area (Å²) < 4.78 is 18.5. The van der Waals surface area contributed by atoms with Crippen LogP contribution in [0.3, 0.4) is 0 Å². The van der Waals surface area contributed by atoms with E-state index < -0.39 is 0 Å². The molecule has 0 spiro atoms. The third-order valence-electron chi connectivity index (χ3n) is 3.85. The molecule has 4 nitrogen and oxygen atoms in total. The molecule has 0 saturated heterocycles. The molecular weight excluding hydrogens is 383 g/mol. The number of nitrogens with one attached hydrogen (secondary N) is 1. The van der Waals surface area contributed by atoms with E-state index in [0.717, 1.165) is 22.4 Å². The number of hydrogen-bond donors (Lipinski definition) is 1. The van der Waals surface area contributed by atoms with Gasteiger partial charge in [0, 0.05) is 22.3 Å². The van der Waals surface area contributed by atoms with Crippen LogP contribution in [0.5, 0.6) is 0 Å². The summed E-state index contributed by atoms with van der Waals surface area (Å²) in [5.74, 6) is 1.21. The molecule has 2 aromatic carbocycles. The quantitative estimate of drug-likeness (QED) is 0.452. The van der Waals surface area contributed by atoms with Gasteiger partial charge in [0.25, 0.3) is 5.91 Å². The van der Waals surface area contributed by atoms with Gasteiger partial charge in [-0.1, -0.05) is 30.3 Å². The molecule has 0 aliphatic rings. The Morgan fingerprint density at radius 2 is 1.96 bits per heavy atom. The van der Waals surface area contributed by atoms with E-state index in [4.69, 9.17) is 4.42 Å². The lowest BCUT2D eigenvalue weighted by Gasteiger charge is -2.00. The monoisotopic (exact) mass is 398 g/mol. The second-order valence-electron chi connectivity index (χ2n) is 5.87. The molecule has 0 aliphatic carbocycles. The number of thiazole rings is 1. The number of furan rings is 1. The summed E-state index contributed by atoms with van der Waals surface area (Å²) in [6, 6.07) is 15.7. The highest BCUT2D eigenvalue weighted by molar-refractivity contribution is 7.97. The summed E-state index contributed by atoms with van der Waals surface area (Å²) in [5.41, 5.74) is 2.64. The van der Waals surface area contributed by atoms with Crippen LogP contribution in [0.2, 0.25) is 0 Å². The predicted molar refractivity (Wildman–Crippen MR) is 108 cm³/mol. The topological polar surface area (TPSA) is 55.1 Å². The Morgan fingerprint density at radius 3 is 2.78 bits per heavy atom. The van der Waals surface area contributed by atoms with Crippen molar-refractivity contribution in [3.05, 3.63) is 82.8 Å². The van der Waals surface area contributed by atoms with Gasteiger partial charge in [-0.05, 0) is 29.8 Å². The zero-order chi connectivity index (χ0) is 18.6. The largest absolute Gasteiger partial charge is 0.451 e. The third kappa shape index (κ3) is 4.37. The van der Waals surface area contributed by atoms with E-state index in [1.807, 2.05) is 29.6 Å². The summed E-state index contributed by atoms with van der Waals surface area (Å²) in [5, 5.41) is 6.13. The minimum absolute atomic E-state index is 0.229. The van der Waals surface area contributed by atoms with Gasteiger partial charge in [0.1, 0.15) is 11.4 Å². The highest BCUT2D eigenvalue weighted by Gasteiger charge is 2.14. The number of nitrogens with zero attached hydrogens (tertiary/aromatic N) is 1. The van der Waals surface area contributed by atoms with Gasteiger partial charge in [-0.3, -0.25) is 10.1 Å². The molecule has 4 rings (SSSR count). The summed E-state index contributed by atoms with van der Waals surface area (Å²) >= 11 is 3.07. The molecule has 0 radical (unpaired) electrons. The Kier molecular flexibility index (Phi) is 5.22. The number of benzene rings is 2. The number of halogens is 1. The molecule has 4 aromatic rings. The molecule has 0 saturated carbocycles. The number of carbonyl (C=O) groups is 1. The van der Waals surface area contributed by atoms with Crippen LogP contribution in [0.1, 0.15) is 21.8 Å². The number of anilines is 1. The van der Waals surface area contributed by atoms with Gasteiger partial charge in [0.15, 0.2) is 10.9 Å². The first-order chi connectivity index (χ1) is 13.2. The fraction of sp³-hybridized carbons (Fsp3) is 0.100. The van der Waals surface area contributed by atoms with Crippen LogP contribution in [0, 0.1) is 5.82 Å². The van der Waals surface area contributed by atoms with Crippen LogP contribution < -0.4 is 5.32 Å². The van der Waals surface area contributed by atoms with Crippen molar-refractivity contribution in [1.82, 2.24) is 4.98 Å². The van der Waals surface area contributed by atoms with Crippen molar-refractivity contribution in [1.29, 1.82) is 0 Å².